The lowest BCUT2D eigenvalue weighted by Gasteiger charge is -2.43. The smallest absolute Gasteiger partial charge is 0.256 e. The van der Waals surface area contributed by atoms with Crippen LogP contribution < -0.4 is 19.5 Å². The van der Waals surface area contributed by atoms with Crippen LogP contribution in [0.5, 0.6) is 17.5 Å². The molecule has 7 nitrogen and oxygen atoms in total. The summed E-state index contributed by atoms with van der Waals surface area (Å²) in [5, 5.41) is 3.24. The van der Waals surface area contributed by atoms with E-state index in [9.17, 15) is 4.79 Å². The van der Waals surface area contributed by atoms with Crippen LogP contribution in [0.25, 0.3) is 0 Å². The summed E-state index contributed by atoms with van der Waals surface area (Å²) in [6.45, 7) is 6.63. The van der Waals surface area contributed by atoms with Gasteiger partial charge in [-0.15, -0.1) is 0 Å². The molecule has 3 heterocycles. The first-order valence-corrected chi connectivity index (χ1v) is 11.7. The standard InChI is InChI=1S/C26H35N3O4/c1-15-16(2)23(31-4)11-9-21(15)17(3)29-19-7-8-20(29)14-18(13-19)27-25(30)22-10-12-24(32-5)28-26(22)33-6/h9-12,17-20H,7-8,13-14H2,1-6H3,(H,27,30). The Morgan fingerprint density at radius 3 is 2.30 bits per heavy atom. The molecular formula is C26H35N3O4. The molecule has 7 heteroatoms. The first kappa shape index (κ1) is 23.4. The maximum Gasteiger partial charge on any atom is 0.256 e. The van der Waals surface area contributed by atoms with Crippen LogP contribution in [0.4, 0.5) is 0 Å². The largest absolute Gasteiger partial charge is 0.496 e. The van der Waals surface area contributed by atoms with Crippen LogP contribution in [0, 0.1) is 13.8 Å². The number of aromatic nitrogens is 1. The monoisotopic (exact) mass is 453 g/mol. The fraction of sp³-hybridized carbons (Fsp3) is 0.538. The van der Waals surface area contributed by atoms with Crippen LogP contribution in [0.3, 0.4) is 0 Å². The molecule has 0 spiro atoms. The average Bonchev–Trinajstić information content (AvgIpc) is 3.09. The van der Waals surface area contributed by atoms with Gasteiger partial charge in [-0.2, -0.15) is 4.98 Å². The zero-order valence-electron chi connectivity index (χ0n) is 20.5. The second-order valence-electron chi connectivity index (χ2n) is 9.17. The number of benzene rings is 1. The molecule has 2 aliphatic heterocycles. The van der Waals surface area contributed by atoms with E-state index in [1.807, 2.05) is 0 Å². The third-order valence-corrected chi connectivity index (χ3v) is 7.50. The molecule has 1 amide bonds. The van der Waals surface area contributed by atoms with E-state index in [-0.39, 0.29) is 17.8 Å². The number of hydrogen-bond acceptors (Lipinski definition) is 6. The minimum Gasteiger partial charge on any atom is -0.496 e. The summed E-state index contributed by atoms with van der Waals surface area (Å²) in [5.41, 5.74) is 4.31. The number of pyridine rings is 1. The van der Waals surface area contributed by atoms with Crippen molar-refractivity contribution in [2.24, 2.45) is 0 Å². The SMILES string of the molecule is COc1ccc(C(=O)NC2CC3CCC(C2)N3C(C)c2ccc(OC)c(C)c2C)c(OC)n1. The molecule has 33 heavy (non-hydrogen) atoms. The Balaban J connectivity index is 1.47. The molecule has 4 rings (SSSR count). The van der Waals surface area contributed by atoms with E-state index in [4.69, 9.17) is 14.2 Å². The van der Waals surface area contributed by atoms with Crippen molar-refractivity contribution in [1.82, 2.24) is 15.2 Å². The highest BCUT2D eigenvalue weighted by molar-refractivity contribution is 5.96. The van der Waals surface area contributed by atoms with E-state index in [2.05, 4.69) is 48.1 Å². The van der Waals surface area contributed by atoms with Gasteiger partial charge in [-0.3, -0.25) is 9.69 Å². The number of piperidine rings is 1. The van der Waals surface area contributed by atoms with Gasteiger partial charge < -0.3 is 19.5 Å². The number of fused-ring (bicyclic) bond motifs is 2. The molecule has 1 N–H and O–H groups in total. The zero-order valence-corrected chi connectivity index (χ0v) is 20.5. The van der Waals surface area contributed by atoms with Gasteiger partial charge in [0.05, 0.1) is 21.3 Å². The van der Waals surface area contributed by atoms with Gasteiger partial charge in [-0.05, 0) is 75.3 Å². The van der Waals surface area contributed by atoms with Crippen molar-refractivity contribution in [2.75, 3.05) is 21.3 Å². The molecule has 0 aliphatic carbocycles. The van der Waals surface area contributed by atoms with Gasteiger partial charge in [-0.1, -0.05) is 6.07 Å². The van der Waals surface area contributed by atoms with E-state index >= 15 is 0 Å². The van der Waals surface area contributed by atoms with Crippen molar-refractivity contribution < 1.29 is 19.0 Å². The summed E-state index contributed by atoms with van der Waals surface area (Å²) in [5.74, 6) is 1.50. The molecular weight excluding hydrogens is 418 g/mol. The highest BCUT2D eigenvalue weighted by atomic mass is 16.5. The number of methoxy groups -OCH3 is 3. The van der Waals surface area contributed by atoms with Crippen molar-refractivity contribution >= 4 is 5.91 Å². The molecule has 0 radical (unpaired) electrons. The van der Waals surface area contributed by atoms with Crippen molar-refractivity contribution in [3.63, 3.8) is 0 Å². The predicted molar refractivity (Wildman–Crippen MR) is 127 cm³/mol. The number of amides is 1. The third-order valence-electron chi connectivity index (χ3n) is 7.50. The van der Waals surface area contributed by atoms with Crippen molar-refractivity contribution in [1.29, 1.82) is 0 Å². The van der Waals surface area contributed by atoms with Gasteiger partial charge in [0.1, 0.15) is 11.3 Å². The summed E-state index contributed by atoms with van der Waals surface area (Å²) in [6, 6.07) is 9.08. The molecule has 2 fully saturated rings. The summed E-state index contributed by atoms with van der Waals surface area (Å²) < 4.78 is 16.0. The molecule has 178 valence electrons. The van der Waals surface area contributed by atoms with E-state index in [1.165, 1.54) is 36.6 Å². The van der Waals surface area contributed by atoms with Crippen LogP contribution in [0.1, 0.15) is 65.7 Å². The van der Waals surface area contributed by atoms with Gasteiger partial charge in [-0.25, -0.2) is 0 Å². The summed E-state index contributed by atoms with van der Waals surface area (Å²) in [6.07, 6.45) is 4.24. The van der Waals surface area contributed by atoms with Gasteiger partial charge in [0.15, 0.2) is 0 Å². The summed E-state index contributed by atoms with van der Waals surface area (Å²) >= 11 is 0. The van der Waals surface area contributed by atoms with E-state index < -0.39 is 0 Å². The number of carbonyl (C=O) groups is 1. The Morgan fingerprint density at radius 1 is 1.00 bits per heavy atom. The zero-order chi connectivity index (χ0) is 23.7. The number of nitrogens with zero attached hydrogens (tertiary/aromatic N) is 2. The highest BCUT2D eigenvalue weighted by Crippen LogP contribution is 2.43. The number of hydrogen-bond donors (Lipinski definition) is 1. The molecule has 1 aromatic carbocycles. The topological polar surface area (TPSA) is 72.9 Å². The first-order valence-electron chi connectivity index (χ1n) is 11.7. The maximum atomic E-state index is 13.0. The lowest BCUT2D eigenvalue weighted by molar-refractivity contribution is 0.0688. The normalized spacial score (nSPS) is 23.2. The Morgan fingerprint density at radius 2 is 1.70 bits per heavy atom. The minimum atomic E-state index is -0.144. The van der Waals surface area contributed by atoms with Gasteiger partial charge >= 0.3 is 0 Å². The lowest BCUT2D eigenvalue weighted by atomic mass is 9.91. The first-order chi connectivity index (χ1) is 15.9. The molecule has 2 bridgehead atoms. The highest BCUT2D eigenvalue weighted by Gasteiger charge is 2.43. The van der Waals surface area contributed by atoms with Crippen LogP contribution in [0.2, 0.25) is 0 Å². The number of ether oxygens (including phenoxy) is 3. The van der Waals surface area contributed by atoms with Crippen LogP contribution in [0.15, 0.2) is 24.3 Å². The van der Waals surface area contributed by atoms with Gasteiger partial charge in [0, 0.05) is 30.2 Å². The van der Waals surface area contributed by atoms with Crippen LogP contribution in [-0.2, 0) is 0 Å². The number of nitrogens with one attached hydrogen (secondary N) is 1. The van der Waals surface area contributed by atoms with Gasteiger partial charge in [0.2, 0.25) is 11.8 Å². The van der Waals surface area contributed by atoms with E-state index in [0.717, 1.165) is 18.6 Å². The fourth-order valence-electron chi connectivity index (χ4n) is 5.74. The summed E-state index contributed by atoms with van der Waals surface area (Å²) in [7, 11) is 4.78. The predicted octanol–water partition coefficient (Wildman–Crippen LogP) is 4.21. The van der Waals surface area contributed by atoms with E-state index in [1.54, 1.807) is 26.4 Å². The lowest BCUT2D eigenvalue weighted by Crippen LogP contribution is -2.51. The molecule has 2 saturated heterocycles. The molecule has 1 aromatic heterocycles. The van der Waals surface area contributed by atoms with Crippen LogP contribution >= 0.6 is 0 Å². The quantitative estimate of drug-likeness (QED) is 0.677. The van der Waals surface area contributed by atoms with Crippen molar-refractivity contribution in [3.8, 4) is 17.5 Å². The molecule has 2 aliphatic rings. The summed E-state index contributed by atoms with van der Waals surface area (Å²) in [4.78, 5) is 19.9. The Labute approximate surface area is 196 Å². The average molecular weight is 454 g/mol. The Hall–Kier alpha value is -2.80. The molecule has 3 unspecified atom stereocenters. The van der Waals surface area contributed by atoms with Crippen molar-refractivity contribution in [2.45, 2.75) is 70.6 Å². The van der Waals surface area contributed by atoms with E-state index in [0.29, 0.717) is 29.6 Å². The van der Waals surface area contributed by atoms with Crippen LogP contribution in [-0.4, -0.2) is 55.2 Å². The third kappa shape index (κ3) is 4.38. The Bertz CT molecular complexity index is 1010. The van der Waals surface area contributed by atoms with Crippen molar-refractivity contribution in [3.05, 3.63) is 46.5 Å². The molecule has 3 atom stereocenters. The van der Waals surface area contributed by atoms with Gasteiger partial charge in [0.25, 0.3) is 5.91 Å². The fourth-order valence-corrected chi connectivity index (χ4v) is 5.74. The maximum absolute atomic E-state index is 13.0. The molecule has 2 aromatic rings. The second kappa shape index (κ2) is 9.59. The molecule has 0 saturated carbocycles. The second-order valence-corrected chi connectivity index (χ2v) is 9.17. The Kier molecular flexibility index (Phi) is 6.79. The minimum absolute atomic E-state index is 0.143. The number of rotatable bonds is 7. The number of carbonyl (C=O) groups excluding carboxylic acids is 1.